The smallest absolute Gasteiger partial charge is 0.146 e. The van der Waals surface area contributed by atoms with Gasteiger partial charge in [-0.1, -0.05) is 0 Å². The molecule has 1 atom stereocenters. The molecular weight excluding hydrogens is 337 g/mol. The van der Waals surface area contributed by atoms with Crippen LogP contribution in [0.5, 0.6) is 0 Å². The van der Waals surface area contributed by atoms with E-state index in [1.54, 1.807) is 6.92 Å². The average Bonchev–Trinajstić information content (AvgIpc) is 2.02. The van der Waals surface area contributed by atoms with E-state index in [2.05, 4.69) is 16.7 Å². The van der Waals surface area contributed by atoms with Gasteiger partial charge in [-0.05, 0) is 35.0 Å². The molecule has 0 aliphatic carbocycles. The van der Waals surface area contributed by atoms with Crippen molar-refractivity contribution in [2.45, 2.75) is 26.8 Å². The van der Waals surface area contributed by atoms with Crippen LogP contribution in [-0.4, -0.2) is 49.3 Å². The molecule has 0 bridgehead atoms. The Morgan fingerprint density at radius 3 is 2.07 bits per heavy atom. The first-order chi connectivity index (χ1) is 5.86. The fourth-order valence-corrected chi connectivity index (χ4v) is 0.950. The van der Waals surface area contributed by atoms with E-state index in [4.69, 9.17) is 0 Å². The second-order valence-corrected chi connectivity index (χ2v) is 3.83. The predicted octanol–water partition coefficient (Wildman–Crippen LogP) is 1.01. The Morgan fingerprint density at radius 2 is 1.79 bits per heavy atom. The molecule has 0 N–H and O–H groups in total. The molecule has 14 heavy (non-hydrogen) atoms. The van der Waals surface area contributed by atoms with Gasteiger partial charge in [-0.2, -0.15) is 6.92 Å². The normalized spacial score (nSPS) is 13.2. The van der Waals surface area contributed by atoms with Gasteiger partial charge in [0.05, 0.1) is 6.04 Å². The van der Waals surface area contributed by atoms with Crippen molar-refractivity contribution in [3.05, 3.63) is 6.04 Å². The molecule has 0 aliphatic rings. The van der Waals surface area contributed by atoms with Gasteiger partial charge in [0.15, 0.2) is 0 Å². The van der Waals surface area contributed by atoms with E-state index in [-0.39, 0.29) is 58.7 Å². The van der Waals surface area contributed by atoms with E-state index in [0.717, 1.165) is 6.54 Å². The molecular formula is C10H21N2OYb-. The molecule has 0 fully saturated rings. The molecule has 0 aliphatic heterocycles. The number of likely N-dealkylation sites (N-methyl/N-ethyl adjacent to an activating group) is 2. The third-order valence-corrected chi connectivity index (χ3v) is 2.49. The fourth-order valence-electron chi connectivity index (χ4n) is 0.950. The number of rotatable bonds is 5. The first-order valence-corrected chi connectivity index (χ1v) is 4.56. The summed E-state index contributed by atoms with van der Waals surface area (Å²) in [5.41, 5.74) is 0. The van der Waals surface area contributed by atoms with Crippen molar-refractivity contribution < 1.29 is 51.7 Å². The molecule has 1 unspecified atom stereocenters. The molecule has 0 aromatic rings. The van der Waals surface area contributed by atoms with Crippen molar-refractivity contribution in [1.29, 1.82) is 0 Å². The van der Waals surface area contributed by atoms with Crippen LogP contribution in [0.4, 0.5) is 0 Å². The fraction of sp³-hybridized carbons (Fsp3) is 0.800. The monoisotopic (exact) mass is 359 g/mol. The topological polar surface area (TPSA) is 23.6 Å². The van der Waals surface area contributed by atoms with Gasteiger partial charge < -0.3 is 9.80 Å². The molecule has 92 valence electrons. The summed E-state index contributed by atoms with van der Waals surface area (Å²) >= 11 is 0. The number of hydrogen-bond donors (Lipinski definition) is 0. The summed E-state index contributed by atoms with van der Waals surface area (Å²) in [6, 6.07) is 1.27. The quantitative estimate of drug-likeness (QED) is 0.686. The molecule has 0 heterocycles. The molecule has 0 spiro atoms. The van der Waals surface area contributed by atoms with Crippen molar-refractivity contribution in [1.82, 2.24) is 9.80 Å². The van der Waals surface area contributed by atoms with E-state index in [1.165, 1.54) is 6.04 Å². The summed E-state index contributed by atoms with van der Waals surface area (Å²) in [6.45, 7) is 6.48. The molecule has 0 radical (unpaired) electrons. The number of Topliss-reactive ketones (excluding diaryl/α,β-unsaturated/α-hetero) is 1. The van der Waals surface area contributed by atoms with E-state index in [1.807, 2.05) is 28.1 Å². The molecule has 0 aromatic carbocycles. The zero-order valence-corrected chi connectivity index (χ0v) is 11.6. The Morgan fingerprint density at radius 1 is 1.36 bits per heavy atom. The first kappa shape index (κ1) is 17.5. The molecule has 0 amide bonds. The predicted molar refractivity (Wildman–Crippen MR) is 55.4 cm³/mol. The van der Waals surface area contributed by atoms with Crippen molar-refractivity contribution in [2.24, 2.45) is 0 Å². The van der Waals surface area contributed by atoms with Gasteiger partial charge in [-0.15, -0.1) is 6.54 Å². The van der Waals surface area contributed by atoms with Crippen LogP contribution >= 0.6 is 0 Å². The third-order valence-electron chi connectivity index (χ3n) is 2.49. The molecule has 0 saturated heterocycles. The molecule has 4 heteroatoms. The maximum atomic E-state index is 11.1. The van der Waals surface area contributed by atoms with Crippen LogP contribution in [0.15, 0.2) is 0 Å². The number of carbonyl (C=O) groups is 1. The Balaban J connectivity index is 0. The Labute approximate surface area is 126 Å². The van der Waals surface area contributed by atoms with E-state index in [0.29, 0.717) is 0 Å². The summed E-state index contributed by atoms with van der Waals surface area (Å²) in [5, 5.41) is 0. The minimum Gasteiger partial charge on any atom is -0.458 e. The maximum absolute atomic E-state index is 11.1. The Bertz CT molecular complexity index is 174. The van der Waals surface area contributed by atoms with Gasteiger partial charge in [0.1, 0.15) is 5.78 Å². The van der Waals surface area contributed by atoms with E-state index >= 15 is 0 Å². The van der Waals surface area contributed by atoms with Gasteiger partial charge in [0, 0.05) is 46.9 Å². The molecule has 3 nitrogen and oxygen atoms in total. The van der Waals surface area contributed by atoms with Crippen LogP contribution in [0.25, 0.3) is 0 Å². The molecule has 0 aromatic heterocycles. The standard InChI is InChI=1S/C10H21N2O.Yb/c1-8(11(4)5)7-12(6)9(2)10(3)13;/h9H,7H2,1-6H3;/q-1;. The number of hydrogen-bond acceptors (Lipinski definition) is 3. The Hall–Kier alpha value is 1.11. The van der Waals surface area contributed by atoms with Crippen molar-refractivity contribution in [3.8, 4) is 0 Å². The summed E-state index contributed by atoms with van der Waals surface area (Å²) in [6.07, 6.45) is 0. The van der Waals surface area contributed by atoms with Gasteiger partial charge in [-0.25, -0.2) is 6.04 Å². The zero-order chi connectivity index (χ0) is 10.6. The number of ketones is 1. The molecule has 0 rings (SSSR count). The Kier molecular flexibility index (Phi) is 10.4. The van der Waals surface area contributed by atoms with Gasteiger partial charge in [0.2, 0.25) is 0 Å². The van der Waals surface area contributed by atoms with E-state index in [9.17, 15) is 4.79 Å². The second-order valence-electron chi connectivity index (χ2n) is 3.83. The zero-order valence-electron chi connectivity index (χ0n) is 9.85. The van der Waals surface area contributed by atoms with Crippen molar-refractivity contribution in [3.63, 3.8) is 0 Å². The first-order valence-electron chi connectivity index (χ1n) is 4.56. The van der Waals surface area contributed by atoms with Crippen LogP contribution in [0.3, 0.4) is 0 Å². The van der Waals surface area contributed by atoms with E-state index < -0.39 is 0 Å². The van der Waals surface area contributed by atoms with Crippen molar-refractivity contribution >= 4 is 5.78 Å². The maximum Gasteiger partial charge on any atom is 0.146 e. The summed E-state index contributed by atoms with van der Waals surface area (Å²) < 4.78 is 0. The van der Waals surface area contributed by atoms with Crippen LogP contribution in [0.1, 0.15) is 20.8 Å². The minimum absolute atomic E-state index is 0. The molecule has 0 saturated carbocycles. The number of nitrogens with zero attached hydrogens (tertiary/aromatic N) is 2. The van der Waals surface area contributed by atoms with Gasteiger partial charge in [-0.3, -0.25) is 4.79 Å². The van der Waals surface area contributed by atoms with Crippen LogP contribution in [0.2, 0.25) is 0 Å². The second kappa shape index (κ2) is 8.28. The summed E-state index contributed by atoms with van der Waals surface area (Å²) in [7, 11) is 6.00. The van der Waals surface area contributed by atoms with Gasteiger partial charge >= 0.3 is 0 Å². The SMILES string of the molecule is CC(=O)C(C)N(C)C[C-](C)N(C)C.[Yb]. The van der Waals surface area contributed by atoms with Crippen LogP contribution in [0, 0.1) is 53.0 Å². The van der Waals surface area contributed by atoms with Gasteiger partial charge in [0.25, 0.3) is 0 Å². The van der Waals surface area contributed by atoms with Crippen LogP contribution in [-0.2, 0) is 4.79 Å². The summed E-state index contributed by atoms with van der Waals surface area (Å²) in [5.74, 6) is 0.217. The minimum atomic E-state index is 0. The average molecular weight is 358 g/mol. The largest absolute Gasteiger partial charge is 0.458 e. The van der Waals surface area contributed by atoms with Crippen LogP contribution < -0.4 is 0 Å². The van der Waals surface area contributed by atoms with Crippen molar-refractivity contribution in [2.75, 3.05) is 27.7 Å². The summed E-state index contributed by atoms with van der Waals surface area (Å²) in [4.78, 5) is 15.2. The number of carbonyl (C=O) groups excluding carboxylic acids is 1. The third kappa shape index (κ3) is 6.57.